The first kappa shape index (κ1) is 15.8. The van der Waals surface area contributed by atoms with E-state index < -0.39 is 0 Å². The zero-order valence-corrected chi connectivity index (χ0v) is 14.1. The molecule has 1 atom stereocenters. The van der Waals surface area contributed by atoms with Crippen molar-refractivity contribution in [3.05, 3.63) is 30.7 Å². The van der Waals surface area contributed by atoms with Crippen LogP contribution in [0.2, 0.25) is 0 Å². The van der Waals surface area contributed by atoms with Gasteiger partial charge in [0.15, 0.2) is 0 Å². The molecule has 0 spiro atoms. The molecule has 0 saturated carbocycles. The van der Waals surface area contributed by atoms with Gasteiger partial charge in [0.1, 0.15) is 5.65 Å². The summed E-state index contributed by atoms with van der Waals surface area (Å²) in [7, 11) is 0. The Morgan fingerprint density at radius 1 is 1.20 bits per heavy atom. The largest absolute Gasteiger partial charge is 0.384 e. The number of nitrogens with two attached hydrogens (primary N) is 1. The van der Waals surface area contributed by atoms with Crippen molar-refractivity contribution >= 4 is 22.7 Å². The molecule has 0 bridgehead atoms. The van der Waals surface area contributed by atoms with Gasteiger partial charge < -0.3 is 21.4 Å². The Labute approximate surface area is 146 Å². The first-order valence-corrected chi connectivity index (χ1v) is 8.83. The van der Waals surface area contributed by atoms with E-state index >= 15 is 0 Å². The third kappa shape index (κ3) is 3.41. The van der Waals surface area contributed by atoms with Crippen LogP contribution in [0.4, 0.5) is 11.6 Å². The molecule has 0 radical (unpaired) electrons. The van der Waals surface area contributed by atoms with Crippen LogP contribution in [0.5, 0.6) is 0 Å². The predicted octanol–water partition coefficient (Wildman–Crippen LogP) is 2.55. The van der Waals surface area contributed by atoms with Gasteiger partial charge in [0.2, 0.25) is 5.95 Å². The molecule has 5 N–H and O–H groups in total. The summed E-state index contributed by atoms with van der Waals surface area (Å²) >= 11 is 0. The Morgan fingerprint density at radius 3 is 2.96 bits per heavy atom. The molecule has 7 heteroatoms. The summed E-state index contributed by atoms with van der Waals surface area (Å²) in [6, 6.07) is 4.49. The standard InChI is InChI=1S/C18H23N7/c19-18-23-10-5-14(25-18)13-11-24-17-16(13)15(6-9-22-17)21-8-4-12-3-1-2-7-20-12/h5-6,9-12,20H,1-4,7-8H2,(H2,19,23,25)(H2,21,22,24). The third-order valence-corrected chi connectivity index (χ3v) is 4.74. The van der Waals surface area contributed by atoms with Crippen molar-refractivity contribution in [1.29, 1.82) is 0 Å². The molecule has 0 aromatic carbocycles. The fraction of sp³-hybridized carbons (Fsp3) is 0.389. The van der Waals surface area contributed by atoms with E-state index in [2.05, 4.69) is 30.6 Å². The molecule has 1 aliphatic rings. The molecular weight excluding hydrogens is 314 g/mol. The average Bonchev–Trinajstić information content (AvgIpc) is 3.08. The van der Waals surface area contributed by atoms with Gasteiger partial charge in [-0.2, -0.15) is 0 Å². The molecule has 3 aromatic heterocycles. The first-order chi connectivity index (χ1) is 12.3. The molecule has 3 aromatic rings. The minimum atomic E-state index is 0.272. The molecule has 4 heterocycles. The van der Waals surface area contributed by atoms with E-state index in [-0.39, 0.29) is 5.95 Å². The Hall–Kier alpha value is -2.67. The van der Waals surface area contributed by atoms with Crippen molar-refractivity contribution in [3.63, 3.8) is 0 Å². The topological polar surface area (TPSA) is 105 Å². The van der Waals surface area contributed by atoms with Gasteiger partial charge in [-0.1, -0.05) is 6.42 Å². The molecule has 7 nitrogen and oxygen atoms in total. The Kier molecular flexibility index (Phi) is 4.47. The molecule has 25 heavy (non-hydrogen) atoms. The summed E-state index contributed by atoms with van der Waals surface area (Å²) < 4.78 is 0. The number of aromatic amines is 1. The van der Waals surface area contributed by atoms with Crippen LogP contribution in [0.15, 0.2) is 30.7 Å². The number of piperidine rings is 1. The van der Waals surface area contributed by atoms with Crippen LogP contribution in [-0.4, -0.2) is 39.1 Å². The van der Waals surface area contributed by atoms with Gasteiger partial charge in [0.25, 0.3) is 0 Å². The highest BCUT2D eigenvalue weighted by Crippen LogP contribution is 2.32. The lowest BCUT2D eigenvalue weighted by Gasteiger charge is -2.23. The van der Waals surface area contributed by atoms with E-state index in [1.807, 2.05) is 24.5 Å². The fourth-order valence-electron chi connectivity index (χ4n) is 3.48. The number of hydrogen-bond donors (Lipinski definition) is 4. The summed E-state index contributed by atoms with van der Waals surface area (Å²) in [5, 5.41) is 8.20. The van der Waals surface area contributed by atoms with Crippen molar-refractivity contribution in [2.75, 3.05) is 24.1 Å². The van der Waals surface area contributed by atoms with Gasteiger partial charge in [-0.25, -0.2) is 15.0 Å². The van der Waals surface area contributed by atoms with E-state index in [1.54, 1.807) is 6.20 Å². The molecule has 4 rings (SSSR count). The highest BCUT2D eigenvalue weighted by atomic mass is 15.0. The zero-order valence-electron chi connectivity index (χ0n) is 14.1. The number of aromatic nitrogens is 4. The molecule has 130 valence electrons. The van der Waals surface area contributed by atoms with Crippen LogP contribution in [0.3, 0.4) is 0 Å². The first-order valence-electron chi connectivity index (χ1n) is 8.83. The summed E-state index contributed by atoms with van der Waals surface area (Å²) in [4.78, 5) is 16.0. The van der Waals surface area contributed by atoms with Gasteiger partial charge >= 0.3 is 0 Å². The minimum absolute atomic E-state index is 0.272. The van der Waals surface area contributed by atoms with Crippen LogP contribution in [0.1, 0.15) is 25.7 Å². The predicted molar refractivity (Wildman–Crippen MR) is 100 cm³/mol. The van der Waals surface area contributed by atoms with E-state index in [1.165, 1.54) is 19.3 Å². The highest BCUT2D eigenvalue weighted by Gasteiger charge is 2.14. The number of pyridine rings is 1. The molecule has 1 unspecified atom stereocenters. The number of hydrogen-bond acceptors (Lipinski definition) is 6. The molecule has 1 aliphatic heterocycles. The normalized spacial score (nSPS) is 17.7. The van der Waals surface area contributed by atoms with E-state index in [9.17, 15) is 0 Å². The van der Waals surface area contributed by atoms with Crippen LogP contribution in [-0.2, 0) is 0 Å². The van der Waals surface area contributed by atoms with Crippen LogP contribution < -0.4 is 16.4 Å². The molecule has 0 aliphatic carbocycles. The molecule has 1 saturated heterocycles. The van der Waals surface area contributed by atoms with Gasteiger partial charge in [-0.15, -0.1) is 0 Å². The van der Waals surface area contributed by atoms with Crippen molar-refractivity contribution in [3.8, 4) is 11.3 Å². The lowest BCUT2D eigenvalue weighted by Crippen LogP contribution is -2.35. The second kappa shape index (κ2) is 7.06. The van der Waals surface area contributed by atoms with Gasteiger partial charge in [0.05, 0.1) is 11.1 Å². The molecule has 1 fully saturated rings. The Bertz CT molecular complexity index is 852. The van der Waals surface area contributed by atoms with Gasteiger partial charge in [-0.3, -0.25) is 0 Å². The highest BCUT2D eigenvalue weighted by molar-refractivity contribution is 6.01. The second-order valence-corrected chi connectivity index (χ2v) is 6.45. The van der Waals surface area contributed by atoms with E-state index in [0.717, 1.165) is 47.5 Å². The van der Waals surface area contributed by atoms with Crippen LogP contribution in [0.25, 0.3) is 22.3 Å². The number of nitrogens with zero attached hydrogens (tertiary/aromatic N) is 3. The Morgan fingerprint density at radius 2 is 2.12 bits per heavy atom. The number of H-pyrrole nitrogens is 1. The summed E-state index contributed by atoms with van der Waals surface area (Å²) in [5.74, 6) is 0.272. The molecule has 0 amide bonds. The molecular formula is C18H23N7. The Balaban J connectivity index is 1.57. The second-order valence-electron chi connectivity index (χ2n) is 6.45. The van der Waals surface area contributed by atoms with Gasteiger partial charge in [-0.05, 0) is 37.9 Å². The average molecular weight is 337 g/mol. The van der Waals surface area contributed by atoms with Gasteiger partial charge in [0, 0.05) is 42.4 Å². The van der Waals surface area contributed by atoms with Crippen LogP contribution >= 0.6 is 0 Å². The minimum Gasteiger partial charge on any atom is -0.384 e. The maximum atomic E-state index is 5.74. The number of nitrogens with one attached hydrogen (secondary N) is 3. The number of nitrogen functional groups attached to an aromatic ring is 1. The van der Waals surface area contributed by atoms with Crippen molar-refractivity contribution in [2.24, 2.45) is 0 Å². The number of anilines is 2. The number of fused-ring (bicyclic) bond motifs is 1. The monoisotopic (exact) mass is 337 g/mol. The smallest absolute Gasteiger partial charge is 0.220 e. The maximum absolute atomic E-state index is 5.74. The van der Waals surface area contributed by atoms with Crippen molar-refractivity contribution in [1.82, 2.24) is 25.3 Å². The van der Waals surface area contributed by atoms with E-state index in [4.69, 9.17) is 5.73 Å². The van der Waals surface area contributed by atoms with Crippen molar-refractivity contribution in [2.45, 2.75) is 31.7 Å². The lowest BCUT2D eigenvalue weighted by molar-refractivity contribution is 0.389. The van der Waals surface area contributed by atoms with Crippen molar-refractivity contribution < 1.29 is 0 Å². The SMILES string of the molecule is Nc1nccc(-c2c[nH]c3nccc(NCCC4CCCCN4)c23)n1. The number of rotatable bonds is 5. The summed E-state index contributed by atoms with van der Waals surface area (Å²) in [6.45, 7) is 2.06. The maximum Gasteiger partial charge on any atom is 0.220 e. The third-order valence-electron chi connectivity index (χ3n) is 4.74. The lowest BCUT2D eigenvalue weighted by atomic mass is 10.0. The quantitative estimate of drug-likeness (QED) is 0.570. The summed E-state index contributed by atoms with van der Waals surface area (Å²) in [6.07, 6.45) is 10.4. The fourth-order valence-corrected chi connectivity index (χ4v) is 3.48. The van der Waals surface area contributed by atoms with Crippen LogP contribution in [0, 0.1) is 0 Å². The van der Waals surface area contributed by atoms with E-state index in [0.29, 0.717) is 6.04 Å². The summed E-state index contributed by atoms with van der Waals surface area (Å²) in [5.41, 5.74) is 9.42. The zero-order chi connectivity index (χ0) is 17.1.